The van der Waals surface area contributed by atoms with Crippen molar-refractivity contribution in [3.8, 4) is 0 Å². The Morgan fingerprint density at radius 3 is 2.61 bits per heavy atom. The van der Waals surface area contributed by atoms with Gasteiger partial charge in [0, 0.05) is 29.7 Å². The van der Waals surface area contributed by atoms with E-state index in [1.54, 1.807) is 6.21 Å². The average molecular weight is 309 g/mol. The lowest BCUT2D eigenvalue weighted by molar-refractivity contribution is -0.123. The predicted octanol–water partition coefficient (Wildman–Crippen LogP) is 3.89. The Hall–Kier alpha value is -2.03. The zero-order valence-corrected chi connectivity index (χ0v) is 14.1. The molecule has 0 spiro atoms. The summed E-state index contributed by atoms with van der Waals surface area (Å²) in [4.78, 5) is 29.5. The van der Waals surface area contributed by atoms with E-state index in [9.17, 15) is 9.59 Å². The van der Waals surface area contributed by atoms with Crippen molar-refractivity contribution < 1.29 is 9.59 Å². The summed E-state index contributed by atoms with van der Waals surface area (Å²) in [6.45, 7) is 10.3. The summed E-state index contributed by atoms with van der Waals surface area (Å²) in [5, 5.41) is 0. The molecule has 1 aromatic rings. The van der Waals surface area contributed by atoms with E-state index in [-0.39, 0.29) is 22.9 Å². The SMILES string of the molecule is C=C1CCC(C2N=Cc3cc(C(C)(C)C)ccc3C2=O)C(=O)C1. The fraction of sp³-hybridized carbons (Fsp3) is 0.450. The molecule has 1 aliphatic carbocycles. The van der Waals surface area contributed by atoms with Crippen LogP contribution in [0.5, 0.6) is 0 Å². The third kappa shape index (κ3) is 2.92. The second-order valence-electron chi connectivity index (χ2n) is 7.68. The number of aliphatic imine (C=N–C) groups is 1. The van der Waals surface area contributed by atoms with Gasteiger partial charge in [-0.2, -0.15) is 0 Å². The maximum absolute atomic E-state index is 12.8. The third-order valence-corrected chi connectivity index (χ3v) is 4.85. The molecule has 0 aromatic heterocycles. The van der Waals surface area contributed by atoms with E-state index in [0.29, 0.717) is 18.4 Å². The van der Waals surface area contributed by atoms with Crippen molar-refractivity contribution >= 4 is 17.8 Å². The highest BCUT2D eigenvalue weighted by atomic mass is 16.1. The first-order valence-corrected chi connectivity index (χ1v) is 8.18. The van der Waals surface area contributed by atoms with Crippen molar-refractivity contribution in [1.82, 2.24) is 0 Å². The van der Waals surface area contributed by atoms with E-state index in [1.807, 2.05) is 18.2 Å². The monoisotopic (exact) mass is 309 g/mol. The van der Waals surface area contributed by atoms with Crippen molar-refractivity contribution in [3.05, 3.63) is 47.0 Å². The van der Waals surface area contributed by atoms with Gasteiger partial charge < -0.3 is 0 Å². The molecule has 0 radical (unpaired) electrons. The van der Waals surface area contributed by atoms with Crippen molar-refractivity contribution in [2.24, 2.45) is 10.9 Å². The molecule has 1 aliphatic heterocycles. The van der Waals surface area contributed by atoms with Gasteiger partial charge in [-0.1, -0.05) is 45.1 Å². The zero-order chi connectivity index (χ0) is 16.8. The number of carbonyl (C=O) groups is 2. The Morgan fingerprint density at radius 2 is 1.96 bits per heavy atom. The van der Waals surface area contributed by atoms with Crippen LogP contribution in [0.4, 0.5) is 0 Å². The lowest BCUT2D eigenvalue weighted by Crippen LogP contribution is -2.38. The summed E-state index contributed by atoms with van der Waals surface area (Å²) in [6.07, 6.45) is 3.65. The largest absolute Gasteiger partial charge is 0.299 e. The molecule has 3 rings (SSSR count). The number of Topliss-reactive ketones (excluding diaryl/α,β-unsaturated/α-hetero) is 2. The van der Waals surface area contributed by atoms with Crippen LogP contribution in [-0.2, 0) is 10.2 Å². The third-order valence-electron chi connectivity index (χ3n) is 4.85. The van der Waals surface area contributed by atoms with Crippen LogP contribution in [0, 0.1) is 5.92 Å². The van der Waals surface area contributed by atoms with Gasteiger partial charge in [0.1, 0.15) is 11.8 Å². The lowest BCUT2D eigenvalue weighted by atomic mass is 9.77. The molecule has 1 aromatic carbocycles. The minimum absolute atomic E-state index is 0.0196. The Labute approximate surface area is 137 Å². The maximum atomic E-state index is 12.8. The predicted molar refractivity (Wildman–Crippen MR) is 92.3 cm³/mol. The van der Waals surface area contributed by atoms with Gasteiger partial charge in [-0.3, -0.25) is 14.6 Å². The smallest absolute Gasteiger partial charge is 0.188 e. The zero-order valence-electron chi connectivity index (χ0n) is 14.1. The molecule has 120 valence electrons. The second kappa shape index (κ2) is 5.55. The molecule has 1 fully saturated rings. The molecule has 0 amide bonds. The molecule has 2 atom stereocenters. The van der Waals surface area contributed by atoms with E-state index >= 15 is 0 Å². The number of carbonyl (C=O) groups excluding carboxylic acids is 2. The molecule has 3 heteroatoms. The normalized spacial score (nSPS) is 24.7. The van der Waals surface area contributed by atoms with Crippen LogP contribution in [0.2, 0.25) is 0 Å². The summed E-state index contributed by atoms with van der Waals surface area (Å²) in [7, 11) is 0. The van der Waals surface area contributed by atoms with Crippen LogP contribution in [0.3, 0.4) is 0 Å². The molecule has 1 saturated carbocycles. The number of fused-ring (bicyclic) bond motifs is 1. The highest BCUT2D eigenvalue weighted by Crippen LogP contribution is 2.32. The van der Waals surface area contributed by atoms with E-state index in [4.69, 9.17) is 0 Å². The molecule has 23 heavy (non-hydrogen) atoms. The molecule has 2 aliphatic rings. The van der Waals surface area contributed by atoms with Crippen molar-refractivity contribution in [3.63, 3.8) is 0 Å². The van der Waals surface area contributed by atoms with E-state index < -0.39 is 6.04 Å². The minimum atomic E-state index is -0.552. The number of nitrogens with zero attached hydrogens (tertiary/aromatic N) is 1. The molecule has 3 nitrogen and oxygen atoms in total. The molecular weight excluding hydrogens is 286 g/mol. The minimum Gasteiger partial charge on any atom is -0.299 e. The summed E-state index contributed by atoms with van der Waals surface area (Å²) in [5.41, 5.74) is 3.73. The molecule has 2 unspecified atom stereocenters. The number of hydrogen-bond donors (Lipinski definition) is 0. The maximum Gasteiger partial charge on any atom is 0.188 e. The Balaban J connectivity index is 1.91. The first kappa shape index (κ1) is 15.9. The Kier molecular flexibility index (Phi) is 3.83. The van der Waals surface area contributed by atoms with Crippen LogP contribution in [0.25, 0.3) is 0 Å². The summed E-state index contributed by atoms with van der Waals surface area (Å²) < 4.78 is 0. The van der Waals surface area contributed by atoms with Gasteiger partial charge >= 0.3 is 0 Å². The molecule has 0 bridgehead atoms. The first-order valence-electron chi connectivity index (χ1n) is 8.18. The quantitative estimate of drug-likeness (QED) is 0.739. The number of allylic oxidation sites excluding steroid dienone is 1. The van der Waals surface area contributed by atoms with E-state index in [2.05, 4.69) is 32.3 Å². The number of benzene rings is 1. The summed E-state index contributed by atoms with van der Waals surface area (Å²) in [5.74, 6) is -0.208. The molecule has 0 saturated heterocycles. The van der Waals surface area contributed by atoms with Crippen LogP contribution in [0.15, 0.2) is 35.3 Å². The van der Waals surface area contributed by atoms with Gasteiger partial charge in [-0.15, -0.1) is 0 Å². The second-order valence-corrected chi connectivity index (χ2v) is 7.68. The van der Waals surface area contributed by atoms with Gasteiger partial charge in [-0.05, 0) is 29.9 Å². The molecular formula is C20H23NO2. The Bertz CT molecular complexity index is 722. The van der Waals surface area contributed by atoms with E-state index in [1.165, 1.54) is 5.56 Å². The number of ketones is 2. The lowest BCUT2D eigenvalue weighted by Gasteiger charge is -2.29. The van der Waals surface area contributed by atoms with Crippen LogP contribution in [0.1, 0.15) is 61.5 Å². The Morgan fingerprint density at radius 1 is 1.22 bits per heavy atom. The summed E-state index contributed by atoms with van der Waals surface area (Å²) in [6, 6.07) is 5.39. The fourth-order valence-electron chi connectivity index (χ4n) is 3.36. The van der Waals surface area contributed by atoms with Crippen LogP contribution >= 0.6 is 0 Å². The number of rotatable bonds is 1. The van der Waals surface area contributed by atoms with Crippen molar-refractivity contribution in [1.29, 1.82) is 0 Å². The highest BCUT2D eigenvalue weighted by molar-refractivity contribution is 6.11. The van der Waals surface area contributed by atoms with E-state index in [0.717, 1.165) is 17.6 Å². The van der Waals surface area contributed by atoms with Gasteiger partial charge in [0.15, 0.2) is 5.78 Å². The number of hydrogen-bond acceptors (Lipinski definition) is 3. The fourth-order valence-corrected chi connectivity index (χ4v) is 3.36. The highest BCUT2D eigenvalue weighted by Gasteiger charge is 2.38. The topological polar surface area (TPSA) is 46.5 Å². The summed E-state index contributed by atoms with van der Waals surface area (Å²) >= 11 is 0. The van der Waals surface area contributed by atoms with Crippen molar-refractivity contribution in [2.45, 2.75) is 51.5 Å². The molecule has 0 N–H and O–H groups in total. The van der Waals surface area contributed by atoms with Gasteiger partial charge in [0.25, 0.3) is 0 Å². The average Bonchev–Trinajstić information content (AvgIpc) is 2.47. The van der Waals surface area contributed by atoms with Gasteiger partial charge in [-0.25, -0.2) is 0 Å². The van der Waals surface area contributed by atoms with Gasteiger partial charge in [0.05, 0.1) is 0 Å². The standard InChI is InChI=1S/C20H23NO2/c1-12-5-7-16(17(22)9-12)18-19(23)15-8-6-14(20(2,3)4)10-13(15)11-21-18/h6,8,10-11,16,18H,1,5,7,9H2,2-4H3. The van der Waals surface area contributed by atoms with Gasteiger partial charge in [0.2, 0.25) is 0 Å². The van der Waals surface area contributed by atoms with Crippen LogP contribution in [-0.4, -0.2) is 23.8 Å². The first-order chi connectivity index (χ1) is 10.8. The molecule has 1 heterocycles. The van der Waals surface area contributed by atoms with Crippen LogP contribution < -0.4 is 0 Å². The van der Waals surface area contributed by atoms with Crippen molar-refractivity contribution in [2.75, 3.05) is 0 Å².